The van der Waals surface area contributed by atoms with Gasteiger partial charge in [-0.15, -0.1) is 0 Å². The monoisotopic (exact) mass is 216 g/mol. The van der Waals surface area contributed by atoms with Gasteiger partial charge in [-0.1, -0.05) is 18.2 Å². The largest absolute Gasteiger partial charge is 0.497 e. The van der Waals surface area contributed by atoms with Gasteiger partial charge in [-0.3, -0.25) is 0 Å². The highest BCUT2D eigenvalue weighted by Gasteiger charge is 2.33. The standard InChI is InChI=1S/C11H11F3O/c1-3-10(11(12,13)14)8-4-6-9(15-2)7-5-8/h3-7H,1-2H3/b10-3+. The average Bonchev–Trinajstić information content (AvgIpc) is 2.18. The van der Waals surface area contributed by atoms with Crippen LogP contribution < -0.4 is 4.74 Å². The molecule has 0 aliphatic heterocycles. The molecule has 4 heteroatoms. The molecule has 15 heavy (non-hydrogen) atoms. The third kappa shape index (κ3) is 2.75. The van der Waals surface area contributed by atoms with Crippen LogP contribution in [0.2, 0.25) is 0 Å². The van der Waals surface area contributed by atoms with Crippen molar-refractivity contribution in [1.82, 2.24) is 0 Å². The molecule has 0 aliphatic carbocycles. The van der Waals surface area contributed by atoms with Gasteiger partial charge >= 0.3 is 6.18 Å². The molecule has 0 fully saturated rings. The summed E-state index contributed by atoms with van der Waals surface area (Å²) in [7, 11) is 1.47. The van der Waals surface area contributed by atoms with E-state index in [0.717, 1.165) is 6.08 Å². The maximum absolute atomic E-state index is 12.5. The normalized spacial score (nSPS) is 12.7. The van der Waals surface area contributed by atoms with Crippen molar-refractivity contribution in [2.24, 2.45) is 0 Å². The fourth-order valence-corrected chi connectivity index (χ4v) is 1.26. The van der Waals surface area contributed by atoms with Crippen LogP contribution in [-0.4, -0.2) is 13.3 Å². The number of benzene rings is 1. The summed E-state index contributed by atoms with van der Waals surface area (Å²) in [5, 5.41) is 0. The number of ether oxygens (including phenoxy) is 1. The number of alkyl halides is 3. The average molecular weight is 216 g/mol. The summed E-state index contributed by atoms with van der Waals surface area (Å²) in [6.07, 6.45) is -3.26. The second kappa shape index (κ2) is 4.38. The molecule has 0 amide bonds. The number of hydrogen-bond acceptors (Lipinski definition) is 1. The predicted molar refractivity (Wildman–Crippen MR) is 52.7 cm³/mol. The quantitative estimate of drug-likeness (QED) is 0.733. The van der Waals surface area contributed by atoms with Crippen LogP contribution >= 0.6 is 0 Å². The van der Waals surface area contributed by atoms with E-state index in [0.29, 0.717) is 5.75 Å². The topological polar surface area (TPSA) is 9.23 Å². The lowest BCUT2D eigenvalue weighted by atomic mass is 10.1. The fraction of sp³-hybridized carbons (Fsp3) is 0.273. The highest BCUT2D eigenvalue weighted by atomic mass is 19.4. The summed E-state index contributed by atoms with van der Waals surface area (Å²) in [4.78, 5) is 0. The Kier molecular flexibility index (Phi) is 3.39. The first-order valence-electron chi connectivity index (χ1n) is 4.37. The Hall–Kier alpha value is -1.45. The van der Waals surface area contributed by atoms with Gasteiger partial charge in [0.15, 0.2) is 0 Å². The minimum Gasteiger partial charge on any atom is -0.497 e. The molecule has 0 spiro atoms. The van der Waals surface area contributed by atoms with Crippen LogP contribution in [0, 0.1) is 0 Å². The van der Waals surface area contributed by atoms with Gasteiger partial charge in [0.05, 0.1) is 12.7 Å². The van der Waals surface area contributed by atoms with Gasteiger partial charge in [0, 0.05) is 0 Å². The van der Waals surface area contributed by atoms with Crippen molar-refractivity contribution in [3.8, 4) is 5.75 Å². The molecule has 1 aromatic carbocycles. The van der Waals surface area contributed by atoms with Gasteiger partial charge in [-0.25, -0.2) is 0 Å². The molecular formula is C11H11F3O. The molecule has 1 aromatic rings. The van der Waals surface area contributed by atoms with Crippen molar-refractivity contribution < 1.29 is 17.9 Å². The van der Waals surface area contributed by atoms with E-state index in [-0.39, 0.29) is 5.56 Å². The summed E-state index contributed by atoms with van der Waals surface area (Å²) in [5.74, 6) is 0.538. The molecule has 0 saturated carbocycles. The SMILES string of the molecule is C/C=C(\c1ccc(OC)cc1)C(F)(F)F. The lowest BCUT2D eigenvalue weighted by Gasteiger charge is -2.11. The maximum atomic E-state index is 12.5. The Bertz CT molecular complexity index is 349. The second-order valence-corrected chi connectivity index (χ2v) is 2.93. The minimum atomic E-state index is -4.32. The molecule has 82 valence electrons. The van der Waals surface area contributed by atoms with Gasteiger partial charge in [0.25, 0.3) is 0 Å². The molecule has 0 unspecified atom stereocenters. The van der Waals surface area contributed by atoms with Gasteiger partial charge in [-0.2, -0.15) is 13.2 Å². The van der Waals surface area contributed by atoms with Crippen LogP contribution in [-0.2, 0) is 0 Å². The van der Waals surface area contributed by atoms with E-state index in [4.69, 9.17) is 4.74 Å². The molecule has 0 N–H and O–H groups in total. The van der Waals surface area contributed by atoms with E-state index in [9.17, 15) is 13.2 Å². The minimum absolute atomic E-state index is 0.144. The van der Waals surface area contributed by atoms with Crippen molar-refractivity contribution in [3.63, 3.8) is 0 Å². The van der Waals surface area contributed by atoms with E-state index < -0.39 is 11.7 Å². The van der Waals surface area contributed by atoms with E-state index in [1.54, 1.807) is 0 Å². The summed E-state index contributed by atoms with van der Waals surface area (Å²) in [5.41, 5.74) is -0.490. The molecule has 0 aliphatic rings. The zero-order valence-corrected chi connectivity index (χ0v) is 8.43. The van der Waals surface area contributed by atoms with Crippen LogP contribution in [0.25, 0.3) is 5.57 Å². The molecule has 0 atom stereocenters. The zero-order chi connectivity index (χ0) is 11.5. The Balaban J connectivity index is 3.05. The van der Waals surface area contributed by atoms with Crippen LogP contribution in [0.15, 0.2) is 30.3 Å². The first-order chi connectivity index (χ1) is 6.99. The fourth-order valence-electron chi connectivity index (χ4n) is 1.26. The van der Waals surface area contributed by atoms with Crippen LogP contribution in [0.5, 0.6) is 5.75 Å². The molecule has 0 heterocycles. The first-order valence-corrected chi connectivity index (χ1v) is 4.37. The lowest BCUT2D eigenvalue weighted by molar-refractivity contribution is -0.0689. The van der Waals surface area contributed by atoms with Crippen LogP contribution in [0.3, 0.4) is 0 Å². The van der Waals surface area contributed by atoms with Crippen LogP contribution in [0.1, 0.15) is 12.5 Å². The number of allylic oxidation sites excluding steroid dienone is 2. The Morgan fingerprint density at radius 1 is 1.20 bits per heavy atom. The highest BCUT2D eigenvalue weighted by molar-refractivity contribution is 5.69. The second-order valence-electron chi connectivity index (χ2n) is 2.93. The summed E-state index contributed by atoms with van der Waals surface area (Å²) < 4.78 is 42.3. The van der Waals surface area contributed by atoms with Crippen molar-refractivity contribution in [2.45, 2.75) is 13.1 Å². The van der Waals surface area contributed by atoms with Crippen LogP contribution in [0.4, 0.5) is 13.2 Å². The third-order valence-corrected chi connectivity index (χ3v) is 2.00. The number of methoxy groups -OCH3 is 1. The molecule has 0 bridgehead atoms. The van der Waals surface area contributed by atoms with Crippen molar-refractivity contribution in [1.29, 1.82) is 0 Å². The summed E-state index contributed by atoms with van der Waals surface area (Å²) in [6.45, 7) is 1.37. The molecule has 0 aromatic heterocycles. The first kappa shape index (κ1) is 11.6. The molecule has 0 radical (unpaired) electrons. The van der Waals surface area contributed by atoms with E-state index in [1.165, 1.54) is 38.3 Å². The molecular weight excluding hydrogens is 205 g/mol. The molecule has 0 saturated heterocycles. The van der Waals surface area contributed by atoms with Gasteiger partial charge in [-0.05, 0) is 24.6 Å². The highest BCUT2D eigenvalue weighted by Crippen LogP contribution is 2.34. The van der Waals surface area contributed by atoms with E-state index >= 15 is 0 Å². The Labute approximate surface area is 86.2 Å². The Morgan fingerprint density at radius 2 is 1.73 bits per heavy atom. The molecule has 1 nitrogen and oxygen atoms in total. The zero-order valence-electron chi connectivity index (χ0n) is 8.43. The predicted octanol–water partition coefficient (Wildman–Crippen LogP) is 3.66. The van der Waals surface area contributed by atoms with E-state index in [2.05, 4.69) is 0 Å². The smallest absolute Gasteiger partial charge is 0.416 e. The van der Waals surface area contributed by atoms with Gasteiger partial charge in [0.2, 0.25) is 0 Å². The lowest BCUT2D eigenvalue weighted by Crippen LogP contribution is -2.10. The van der Waals surface area contributed by atoms with Gasteiger partial charge in [0.1, 0.15) is 5.75 Å². The third-order valence-electron chi connectivity index (χ3n) is 2.00. The van der Waals surface area contributed by atoms with Crippen molar-refractivity contribution >= 4 is 5.57 Å². The number of halogens is 3. The molecule has 1 rings (SSSR count). The number of rotatable bonds is 2. The van der Waals surface area contributed by atoms with Crippen molar-refractivity contribution in [3.05, 3.63) is 35.9 Å². The van der Waals surface area contributed by atoms with Gasteiger partial charge < -0.3 is 4.74 Å². The Morgan fingerprint density at radius 3 is 2.07 bits per heavy atom. The maximum Gasteiger partial charge on any atom is 0.416 e. The number of hydrogen-bond donors (Lipinski definition) is 0. The summed E-state index contributed by atoms with van der Waals surface area (Å²) in [6, 6.07) is 5.79. The van der Waals surface area contributed by atoms with E-state index in [1.807, 2.05) is 0 Å². The van der Waals surface area contributed by atoms with Crippen molar-refractivity contribution in [2.75, 3.05) is 7.11 Å². The summed E-state index contributed by atoms with van der Waals surface area (Å²) >= 11 is 0.